The van der Waals surface area contributed by atoms with Crippen molar-refractivity contribution in [3.63, 3.8) is 0 Å². The van der Waals surface area contributed by atoms with E-state index in [9.17, 15) is 9.18 Å². The van der Waals surface area contributed by atoms with E-state index in [4.69, 9.17) is 11.6 Å². The zero-order valence-corrected chi connectivity index (χ0v) is 13.2. The molecule has 118 valence electrons. The number of nitrogens with one attached hydrogen (secondary N) is 2. The molecular formula is C17H15ClFN3O. The molecule has 0 bridgehead atoms. The summed E-state index contributed by atoms with van der Waals surface area (Å²) in [7, 11) is 0. The van der Waals surface area contributed by atoms with Gasteiger partial charge in [0.15, 0.2) is 0 Å². The first-order valence-corrected chi connectivity index (χ1v) is 7.58. The number of halogens is 2. The van der Waals surface area contributed by atoms with Crippen LogP contribution in [0, 0.1) is 5.82 Å². The van der Waals surface area contributed by atoms with E-state index in [0.29, 0.717) is 28.3 Å². The van der Waals surface area contributed by atoms with Crippen molar-refractivity contribution in [1.82, 2.24) is 15.3 Å². The first kappa shape index (κ1) is 15.6. The Hall–Kier alpha value is -2.24. The summed E-state index contributed by atoms with van der Waals surface area (Å²) in [5, 5.41) is 4.24. The van der Waals surface area contributed by atoms with Gasteiger partial charge >= 0.3 is 0 Å². The second-order valence-electron chi connectivity index (χ2n) is 5.33. The quantitative estimate of drug-likeness (QED) is 0.768. The molecule has 3 rings (SSSR count). The summed E-state index contributed by atoms with van der Waals surface area (Å²) >= 11 is 5.94. The molecule has 0 fully saturated rings. The molecule has 0 aliphatic carbocycles. The van der Waals surface area contributed by atoms with Gasteiger partial charge in [-0.05, 0) is 42.8 Å². The molecule has 0 unspecified atom stereocenters. The molecule has 1 atom stereocenters. The molecule has 0 saturated carbocycles. The fourth-order valence-electron chi connectivity index (χ4n) is 2.39. The van der Waals surface area contributed by atoms with Gasteiger partial charge in [-0.2, -0.15) is 0 Å². The molecule has 2 aromatic carbocycles. The maximum absolute atomic E-state index is 13.3. The first-order chi connectivity index (χ1) is 11.0. The van der Waals surface area contributed by atoms with Gasteiger partial charge in [0.1, 0.15) is 11.6 Å². The Bertz CT molecular complexity index is 910. The smallest absolute Gasteiger partial charge is 0.258 e. The molecule has 0 amide bonds. The van der Waals surface area contributed by atoms with Crippen molar-refractivity contribution < 1.29 is 4.39 Å². The van der Waals surface area contributed by atoms with Gasteiger partial charge in [-0.3, -0.25) is 4.79 Å². The highest BCUT2D eigenvalue weighted by Gasteiger charge is 2.08. The van der Waals surface area contributed by atoms with Gasteiger partial charge in [-0.25, -0.2) is 9.37 Å². The van der Waals surface area contributed by atoms with Gasteiger partial charge < -0.3 is 10.3 Å². The second-order valence-corrected chi connectivity index (χ2v) is 5.77. The molecule has 23 heavy (non-hydrogen) atoms. The highest BCUT2D eigenvalue weighted by molar-refractivity contribution is 6.31. The number of rotatable bonds is 4. The van der Waals surface area contributed by atoms with Crippen molar-refractivity contribution >= 4 is 22.5 Å². The van der Waals surface area contributed by atoms with Crippen molar-refractivity contribution in [2.75, 3.05) is 0 Å². The van der Waals surface area contributed by atoms with E-state index in [1.807, 2.05) is 13.0 Å². The maximum Gasteiger partial charge on any atom is 0.258 e. The van der Waals surface area contributed by atoms with Crippen molar-refractivity contribution in [2.45, 2.75) is 19.5 Å². The summed E-state index contributed by atoms with van der Waals surface area (Å²) in [6, 6.07) is 11.3. The van der Waals surface area contributed by atoms with Crippen LogP contribution in [-0.2, 0) is 6.54 Å². The van der Waals surface area contributed by atoms with E-state index >= 15 is 0 Å². The zero-order valence-electron chi connectivity index (χ0n) is 12.4. The Balaban J connectivity index is 1.80. The van der Waals surface area contributed by atoms with E-state index in [0.717, 1.165) is 5.56 Å². The van der Waals surface area contributed by atoms with E-state index in [-0.39, 0.29) is 17.4 Å². The summed E-state index contributed by atoms with van der Waals surface area (Å²) in [5.74, 6) is 0.232. The lowest BCUT2D eigenvalue weighted by atomic mass is 10.1. The van der Waals surface area contributed by atoms with Crippen LogP contribution >= 0.6 is 11.6 Å². The molecule has 0 aliphatic heterocycles. The van der Waals surface area contributed by atoms with Crippen LogP contribution in [-0.4, -0.2) is 9.97 Å². The summed E-state index contributed by atoms with van der Waals surface area (Å²) in [6.07, 6.45) is 0. The molecule has 0 spiro atoms. The second kappa shape index (κ2) is 6.48. The summed E-state index contributed by atoms with van der Waals surface area (Å²) < 4.78 is 13.3. The molecule has 2 N–H and O–H groups in total. The number of aromatic amines is 1. The van der Waals surface area contributed by atoms with Crippen molar-refractivity contribution in [3.8, 4) is 0 Å². The largest absolute Gasteiger partial charge is 0.309 e. The fourth-order valence-corrected chi connectivity index (χ4v) is 2.55. The minimum Gasteiger partial charge on any atom is -0.309 e. The molecule has 0 radical (unpaired) electrons. The molecule has 1 aromatic heterocycles. The van der Waals surface area contributed by atoms with Gasteiger partial charge in [-0.15, -0.1) is 0 Å². The van der Waals surface area contributed by atoms with Gasteiger partial charge in [0.05, 0.1) is 17.4 Å². The number of H-pyrrole nitrogens is 1. The predicted octanol–water partition coefficient (Wildman–Crippen LogP) is 3.57. The lowest BCUT2D eigenvalue weighted by Crippen LogP contribution is -2.22. The van der Waals surface area contributed by atoms with Crippen LogP contribution in [0.5, 0.6) is 0 Å². The highest BCUT2D eigenvalue weighted by atomic mass is 35.5. The normalized spacial score (nSPS) is 12.5. The van der Waals surface area contributed by atoms with E-state index < -0.39 is 0 Å². The molecule has 0 saturated heterocycles. The molecule has 0 aliphatic rings. The highest BCUT2D eigenvalue weighted by Crippen LogP contribution is 2.16. The Morgan fingerprint density at radius 2 is 2.13 bits per heavy atom. The number of benzene rings is 2. The van der Waals surface area contributed by atoms with Crippen LogP contribution < -0.4 is 10.9 Å². The van der Waals surface area contributed by atoms with Crippen LogP contribution in [0.2, 0.25) is 5.02 Å². The maximum atomic E-state index is 13.3. The van der Waals surface area contributed by atoms with Gasteiger partial charge in [0.25, 0.3) is 5.56 Å². The zero-order chi connectivity index (χ0) is 16.4. The van der Waals surface area contributed by atoms with Crippen molar-refractivity contribution in [3.05, 3.63) is 75.0 Å². The standard InChI is InChI=1S/C17H15ClFN3O/c1-10(11-3-2-4-13(19)7-11)20-9-16-21-15-8-12(18)5-6-14(15)17(23)22-16/h2-8,10,20H,9H2,1H3,(H,21,22,23)/t10-/m0/s1. The SMILES string of the molecule is C[C@H](NCc1nc2cc(Cl)ccc2c(=O)[nH]1)c1cccc(F)c1. The lowest BCUT2D eigenvalue weighted by molar-refractivity contribution is 0.552. The van der Waals surface area contributed by atoms with E-state index in [2.05, 4.69) is 15.3 Å². The molecule has 6 heteroatoms. The topological polar surface area (TPSA) is 57.8 Å². The van der Waals surface area contributed by atoms with Crippen molar-refractivity contribution in [1.29, 1.82) is 0 Å². The number of hydrogen-bond donors (Lipinski definition) is 2. The van der Waals surface area contributed by atoms with Crippen molar-refractivity contribution in [2.24, 2.45) is 0 Å². The van der Waals surface area contributed by atoms with E-state index in [1.54, 1.807) is 24.3 Å². The number of fused-ring (bicyclic) bond motifs is 1. The van der Waals surface area contributed by atoms with Crippen LogP contribution in [0.25, 0.3) is 10.9 Å². The Morgan fingerprint density at radius 3 is 2.91 bits per heavy atom. The Labute approximate surface area is 137 Å². The number of nitrogens with zero attached hydrogens (tertiary/aromatic N) is 1. The number of hydrogen-bond acceptors (Lipinski definition) is 3. The monoisotopic (exact) mass is 331 g/mol. The summed E-state index contributed by atoms with van der Waals surface area (Å²) in [6.45, 7) is 2.28. The number of aromatic nitrogens is 2. The lowest BCUT2D eigenvalue weighted by Gasteiger charge is -2.14. The van der Waals surface area contributed by atoms with Crippen LogP contribution in [0.1, 0.15) is 24.4 Å². The summed E-state index contributed by atoms with van der Waals surface area (Å²) in [5.41, 5.74) is 1.18. The van der Waals surface area contributed by atoms with Gasteiger partial charge in [0, 0.05) is 11.1 Å². The average Bonchev–Trinajstić information content (AvgIpc) is 2.52. The minimum atomic E-state index is -0.275. The third-order valence-corrected chi connectivity index (χ3v) is 3.88. The van der Waals surface area contributed by atoms with Gasteiger partial charge in [0.2, 0.25) is 0 Å². The molecule has 3 aromatic rings. The predicted molar refractivity (Wildman–Crippen MR) is 89.0 cm³/mol. The fraction of sp³-hybridized carbons (Fsp3) is 0.176. The van der Waals surface area contributed by atoms with Crippen LogP contribution in [0.15, 0.2) is 47.3 Å². The molecule has 4 nitrogen and oxygen atoms in total. The average molecular weight is 332 g/mol. The molecule has 1 heterocycles. The third kappa shape index (κ3) is 3.57. The Morgan fingerprint density at radius 1 is 1.30 bits per heavy atom. The Kier molecular flexibility index (Phi) is 4.41. The van der Waals surface area contributed by atoms with Crippen LogP contribution in [0.4, 0.5) is 4.39 Å². The van der Waals surface area contributed by atoms with Gasteiger partial charge in [-0.1, -0.05) is 23.7 Å². The van der Waals surface area contributed by atoms with E-state index in [1.165, 1.54) is 12.1 Å². The summed E-state index contributed by atoms with van der Waals surface area (Å²) in [4.78, 5) is 19.2. The minimum absolute atomic E-state index is 0.0777. The molecular weight excluding hydrogens is 317 g/mol. The third-order valence-electron chi connectivity index (χ3n) is 3.64. The first-order valence-electron chi connectivity index (χ1n) is 7.20. The van der Waals surface area contributed by atoms with Crippen LogP contribution in [0.3, 0.4) is 0 Å².